The maximum absolute atomic E-state index is 6.15. The molecule has 0 aliphatic carbocycles. The Morgan fingerprint density at radius 3 is 2.50 bits per heavy atom. The number of hydrogen-bond acceptors (Lipinski definition) is 8. The Kier molecular flexibility index (Phi) is 7.02. The number of pyridine rings is 1. The van der Waals surface area contributed by atoms with E-state index in [1.54, 1.807) is 13.3 Å². The van der Waals surface area contributed by atoms with Crippen molar-refractivity contribution in [3.8, 4) is 17.4 Å². The molecule has 2 aliphatic heterocycles. The molecule has 8 nitrogen and oxygen atoms in total. The van der Waals surface area contributed by atoms with Crippen LogP contribution in [-0.4, -0.2) is 73.5 Å². The number of piperazine rings is 1. The van der Waals surface area contributed by atoms with Crippen LogP contribution in [0, 0.1) is 6.92 Å². The highest BCUT2D eigenvalue weighted by atomic mass is 16.5. The second kappa shape index (κ2) is 10.1. The van der Waals surface area contributed by atoms with Gasteiger partial charge >= 0.3 is 0 Å². The number of methoxy groups -OCH3 is 1. The van der Waals surface area contributed by atoms with E-state index in [4.69, 9.17) is 14.2 Å². The van der Waals surface area contributed by atoms with Gasteiger partial charge in [0, 0.05) is 68.2 Å². The number of hydrazine groups is 1. The fourth-order valence-electron chi connectivity index (χ4n) is 3.82. The molecule has 1 aromatic heterocycles. The van der Waals surface area contributed by atoms with E-state index in [0.29, 0.717) is 30.6 Å². The lowest BCUT2D eigenvalue weighted by molar-refractivity contribution is -0.00808. The van der Waals surface area contributed by atoms with Crippen LogP contribution in [0.5, 0.6) is 17.4 Å². The number of nitrogens with zero attached hydrogens (tertiary/aromatic N) is 5. The van der Waals surface area contributed by atoms with E-state index in [9.17, 15) is 0 Å². The molecule has 2 aliphatic rings. The van der Waals surface area contributed by atoms with Crippen molar-refractivity contribution < 1.29 is 14.2 Å². The van der Waals surface area contributed by atoms with Crippen molar-refractivity contribution in [1.82, 2.24) is 19.9 Å². The molecule has 32 heavy (non-hydrogen) atoms. The predicted octanol–water partition coefficient (Wildman–Crippen LogP) is 2.96. The van der Waals surface area contributed by atoms with Crippen LogP contribution >= 0.6 is 0 Å². The van der Waals surface area contributed by atoms with Crippen LogP contribution in [0.1, 0.15) is 18.1 Å². The number of rotatable bonds is 8. The lowest BCUT2D eigenvalue weighted by atomic mass is 10.1. The Bertz CT molecular complexity index is 926. The largest absolute Gasteiger partial charge is 0.490 e. The smallest absolute Gasteiger partial charge is 0.212 e. The van der Waals surface area contributed by atoms with Gasteiger partial charge in [0.1, 0.15) is 13.3 Å². The topological polar surface area (TPSA) is 53.5 Å². The van der Waals surface area contributed by atoms with E-state index in [1.165, 1.54) is 0 Å². The highest BCUT2D eigenvalue weighted by molar-refractivity contribution is 5.65. The molecule has 1 saturated heterocycles. The SMILES string of the molecule is [CH2]c1cc(OCC)c(OCc2ccc(OC)nc2)cc1N1C=CN(N2CCN(C)CC2)C1. The van der Waals surface area contributed by atoms with Crippen molar-refractivity contribution in [3.05, 3.63) is 60.9 Å². The second-order valence-corrected chi connectivity index (χ2v) is 7.96. The quantitative estimate of drug-likeness (QED) is 0.624. The van der Waals surface area contributed by atoms with Crippen molar-refractivity contribution in [1.29, 1.82) is 0 Å². The first-order valence-corrected chi connectivity index (χ1v) is 11.0. The summed E-state index contributed by atoms with van der Waals surface area (Å²) < 4.78 is 17.1. The van der Waals surface area contributed by atoms with Gasteiger partial charge < -0.3 is 24.0 Å². The highest BCUT2D eigenvalue weighted by Crippen LogP contribution is 2.37. The van der Waals surface area contributed by atoms with Gasteiger partial charge in [-0.05, 0) is 38.6 Å². The minimum absolute atomic E-state index is 0.385. The third-order valence-corrected chi connectivity index (χ3v) is 5.71. The third kappa shape index (κ3) is 5.08. The molecule has 171 valence electrons. The Morgan fingerprint density at radius 1 is 1.03 bits per heavy atom. The molecule has 0 atom stereocenters. The summed E-state index contributed by atoms with van der Waals surface area (Å²) in [6.45, 7) is 12.1. The first-order valence-electron chi connectivity index (χ1n) is 11.0. The van der Waals surface area contributed by atoms with E-state index >= 15 is 0 Å². The van der Waals surface area contributed by atoms with Crippen molar-refractivity contribution in [2.24, 2.45) is 0 Å². The summed E-state index contributed by atoms with van der Waals surface area (Å²) in [5.41, 5.74) is 2.86. The van der Waals surface area contributed by atoms with Crippen LogP contribution in [0.15, 0.2) is 42.9 Å². The summed E-state index contributed by atoms with van der Waals surface area (Å²) in [5, 5.41) is 4.66. The van der Waals surface area contributed by atoms with Gasteiger partial charge in [0.2, 0.25) is 5.88 Å². The molecule has 1 aromatic carbocycles. The third-order valence-electron chi connectivity index (χ3n) is 5.71. The van der Waals surface area contributed by atoms with E-state index in [0.717, 1.165) is 49.7 Å². The fraction of sp³-hybridized carbons (Fsp3) is 0.417. The standard InChI is InChI=1S/C24H32N5O3/c1-5-31-22-14-19(2)21(15-23(22)32-17-20-6-7-24(30-4)25-16-20)27-10-13-29(18-27)28-11-8-26(3)9-12-28/h6-7,10,13-16H,2,5,8-9,11-12,17-18H2,1,3-4H3. The highest BCUT2D eigenvalue weighted by Gasteiger charge is 2.24. The van der Waals surface area contributed by atoms with Crippen molar-refractivity contribution in [3.63, 3.8) is 0 Å². The summed E-state index contributed by atoms with van der Waals surface area (Å²) in [5.74, 6) is 1.97. The van der Waals surface area contributed by atoms with E-state index in [2.05, 4.69) is 51.2 Å². The van der Waals surface area contributed by atoms with Crippen molar-refractivity contribution in [2.75, 3.05) is 58.5 Å². The van der Waals surface area contributed by atoms with Gasteiger partial charge in [-0.25, -0.2) is 9.99 Å². The van der Waals surface area contributed by atoms with Crippen molar-refractivity contribution in [2.45, 2.75) is 13.5 Å². The number of benzene rings is 1. The molecular weight excluding hydrogens is 406 g/mol. The summed E-state index contributed by atoms with van der Waals surface area (Å²) in [6.07, 6.45) is 5.98. The number of anilines is 1. The van der Waals surface area contributed by atoms with Crippen LogP contribution in [-0.2, 0) is 6.61 Å². The van der Waals surface area contributed by atoms with Gasteiger partial charge in [-0.15, -0.1) is 0 Å². The second-order valence-electron chi connectivity index (χ2n) is 7.96. The monoisotopic (exact) mass is 438 g/mol. The molecule has 0 amide bonds. The maximum atomic E-state index is 6.15. The zero-order valence-electron chi connectivity index (χ0n) is 19.2. The molecule has 4 rings (SSSR count). The van der Waals surface area contributed by atoms with Crippen LogP contribution in [0.2, 0.25) is 0 Å². The van der Waals surface area contributed by atoms with Gasteiger partial charge in [-0.2, -0.15) is 0 Å². The molecular formula is C24H32N5O3. The molecule has 1 fully saturated rings. The average Bonchev–Trinajstić information content (AvgIpc) is 3.29. The lowest BCUT2D eigenvalue weighted by Gasteiger charge is -2.38. The maximum Gasteiger partial charge on any atom is 0.212 e. The minimum atomic E-state index is 0.385. The zero-order chi connectivity index (χ0) is 22.5. The van der Waals surface area contributed by atoms with Crippen LogP contribution in [0.3, 0.4) is 0 Å². The van der Waals surface area contributed by atoms with E-state index in [-0.39, 0.29) is 0 Å². The lowest BCUT2D eigenvalue weighted by Crippen LogP contribution is -2.51. The molecule has 1 radical (unpaired) electrons. The van der Waals surface area contributed by atoms with Crippen LogP contribution in [0.25, 0.3) is 0 Å². The number of likely N-dealkylation sites (N-methyl/N-ethyl adjacent to an activating group) is 1. The van der Waals surface area contributed by atoms with E-state index in [1.807, 2.05) is 31.2 Å². The first-order chi connectivity index (χ1) is 15.6. The number of hydrogen-bond donors (Lipinski definition) is 0. The van der Waals surface area contributed by atoms with Crippen molar-refractivity contribution >= 4 is 5.69 Å². The molecule has 8 heteroatoms. The van der Waals surface area contributed by atoms with Gasteiger partial charge in [-0.3, -0.25) is 5.01 Å². The molecule has 3 heterocycles. The van der Waals surface area contributed by atoms with Crippen LogP contribution < -0.4 is 19.1 Å². The van der Waals surface area contributed by atoms with Gasteiger partial charge in [-0.1, -0.05) is 0 Å². The summed E-state index contributed by atoms with van der Waals surface area (Å²) in [7, 11) is 3.77. The summed E-state index contributed by atoms with van der Waals surface area (Å²) >= 11 is 0. The fourth-order valence-corrected chi connectivity index (χ4v) is 3.82. The predicted molar refractivity (Wildman–Crippen MR) is 125 cm³/mol. The number of ether oxygens (including phenoxy) is 3. The van der Waals surface area contributed by atoms with E-state index < -0.39 is 0 Å². The normalized spacial score (nSPS) is 17.1. The minimum Gasteiger partial charge on any atom is -0.490 e. The molecule has 0 N–H and O–H groups in total. The zero-order valence-corrected chi connectivity index (χ0v) is 19.2. The van der Waals surface area contributed by atoms with Gasteiger partial charge in [0.25, 0.3) is 0 Å². The first kappa shape index (κ1) is 22.2. The Morgan fingerprint density at radius 2 is 1.81 bits per heavy atom. The molecule has 2 aromatic rings. The van der Waals surface area contributed by atoms with Gasteiger partial charge in [0.15, 0.2) is 11.5 Å². The Hall–Kier alpha value is -2.97. The molecule has 0 bridgehead atoms. The van der Waals surface area contributed by atoms with Gasteiger partial charge in [0.05, 0.1) is 13.7 Å². The molecule has 0 unspecified atom stereocenters. The average molecular weight is 439 g/mol. The Labute approximate surface area is 190 Å². The summed E-state index contributed by atoms with van der Waals surface area (Å²) in [4.78, 5) is 8.80. The molecule has 0 saturated carbocycles. The summed E-state index contributed by atoms with van der Waals surface area (Å²) in [6, 6.07) is 7.74. The Balaban J connectivity index is 1.48. The molecule has 0 spiro atoms. The van der Waals surface area contributed by atoms with Crippen LogP contribution in [0.4, 0.5) is 5.69 Å². The number of aromatic nitrogens is 1.